The van der Waals surface area contributed by atoms with Crippen molar-refractivity contribution < 1.29 is 13.6 Å². The Kier molecular flexibility index (Phi) is 6.69. The molecule has 0 unspecified atom stereocenters. The van der Waals surface area contributed by atoms with Gasteiger partial charge in [-0.1, -0.05) is 35.7 Å². The topological polar surface area (TPSA) is 65.8 Å². The van der Waals surface area contributed by atoms with Gasteiger partial charge in [0.25, 0.3) is 5.76 Å². The Morgan fingerprint density at radius 1 is 1.30 bits per heavy atom. The SMILES string of the molecule is N#Cc1cc2c(nc1SCC(=O)Nc1ccccc1SC(F)F)CCCC2. The number of para-hydroxylation sites is 1. The van der Waals surface area contributed by atoms with Gasteiger partial charge in [-0.2, -0.15) is 14.0 Å². The summed E-state index contributed by atoms with van der Waals surface area (Å²) < 4.78 is 25.3. The average molecular weight is 405 g/mol. The van der Waals surface area contributed by atoms with Crippen LogP contribution < -0.4 is 5.32 Å². The van der Waals surface area contributed by atoms with Crippen LogP contribution >= 0.6 is 23.5 Å². The van der Waals surface area contributed by atoms with Gasteiger partial charge in [-0.3, -0.25) is 4.79 Å². The molecule has 1 amide bonds. The van der Waals surface area contributed by atoms with Crippen molar-refractivity contribution >= 4 is 35.1 Å². The molecule has 1 aliphatic carbocycles. The van der Waals surface area contributed by atoms with Crippen molar-refractivity contribution in [2.75, 3.05) is 11.1 Å². The maximum absolute atomic E-state index is 12.6. The second kappa shape index (κ2) is 9.20. The number of nitrogens with one attached hydrogen (secondary N) is 1. The number of hydrogen-bond donors (Lipinski definition) is 1. The van der Waals surface area contributed by atoms with Crippen molar-refractivity contribution in [2.24, 2.45) is 0 Å². The molecule has 0 aliphatic heterocycles. The minimum Gasteiger partial charge on any atom is -0.324 e. The number of fused-ring (bicyclic) bond motifs is 1. The molecule has 0 fully saturated rings. The molecule has 1 N–H and O–H groups in total. The molecule has 8 heteroatoms. The van der Waals surface area contributed by atoms with E-state index in [1.165, 1.54) is 11.8 Å². The maximum atomic E-state index is 12.6. The normalized spacial score (nSPS) is 13.1. The highest BCUT2D eigenvalue weighted by atomic mass is 32.2. The van der Waals surface area contributed by atoms with E-state index in [-0.39, 0.29) is 11.7 Å². The van der Waals surface area contributed by atoms with E-state index in [1.54, 1.807) is 24.3 Å². The predicted octanol–water partition coefficient (Wildman–Crippen LogP) is 4.88. The summed E-state index contributed by atoms with van der Waals surface area (Å²) >= 11 is 1.58. The number of rotatable bonds is 6. The zero-order valence-corrected chi connectivity index (χ0v) is 16.0. The molecule has 0 saturated heterocycles. The van der Waals surface area contributed by atoms with E-state index in [0.717, 1.165) is 36.9 Å². The van der Waals surface area contributed by atoms with Crippen LogP contribution in [0.3, 0.4) is 0 Å². The fraction of sp³-hybridized carbons (Fsp3) is 0.316. The van der Waals surface area contributed by atoms with Crippen molar-refractivity contribution in [3.05, 3.63) is 47.2 Å². The van der Waals surface area contributed by atoms with E-state index in [1.807, 2.05) is 6.07 Å². The molecule has 1 aliphatic rings. The number of carbonyl (C=O) groups is 1. The van der Waals surface area contributed by atoms with E-state index < -0.39 is 5.76 Å². The Labute approximate surface area is 164 Å². The molecule has 0 atom stereocenters. The van der Waals surface area contributed by atoms with Gasteiger partial charge in [0.05, 0.1) is 17.0 Å². The Bertz CT molecular complexity index is 884. The zero-order chi connectivity index (χ0) is 19.2. The predicted molar refractivity (Wildman–Crippen MR) is 103 cm³/mol. The van der Waals surface area contributed by atoms with Crippen LogP contribution in [-0.2, 0) is 17.6 Å². The van der Waals surface area contributed by atoms with Crippen molar-refractivity contribution in [1.29, 1.82) is 5.26 Å². The van der Waals surface area contributed by atoms with Gasteiger partial charge in [0.2, 0.25) is 5.91 Å². The van der Waals surface area contributed by atoms with Crippen LogP contribution in [0.2, 0.25) is 0 Å². The minimum atomic E-state index is -2.56. The molecule has 1 aromatic carbocycles. The Hall–Kier alpha value is -2.11. The monoisotopic (exact) mass is 405 g/mol. The lowest BCUT2D eigenvalue weighted by Crippen LogP contribution is -2.15. The van der Waals surface area contributed by atoms with E-state index in [2.05, 4.69) is 16.4 Å². The average Bonchev–Trinajstić information content (AvgIpc) is 2.66. The van der Waals surface area contributed by atoms with E-state index in [4.69, 9.17) is 0 Å². The number of nitriles is 1. The smallest absolute Gasteiger partial charge is 0.288 e. The van der Waals surface area contributed by atoms with Gasteiger partial charge in [-0.05, 0) is 49.4 Å². The number of halogens is 2. The van der Waals surface area contributed by atoms with Gasteiger partial charge in [-0.25, -0.2) is 4.98 Å². The molecule has 3 rings (SSSR count). The maximum Gasteiger partial charge on any atom is 0.288 e. The largest absolute Gasteiger partial charge is 0.324 e. The second-order valence-electron chi connectivity index (χ2n) is 5.98. The number of pyridine rings is 1. The second-order valence-corrected chi connectivity index (χ2v) is 7.97. The number of carbonyl (C=O) groups excluding carboxylic acids is 1. The van der Waals surface area contributed by atoms with Gasteiger partial charge in [0, 0.05) is 10.6 Å². The number of nitrogens with zero attached hydrogens (tertiary/aromatic N) is 2. The molecular weight excluding hydrogens is 388 g/mol. The molecule has 2 aromatic rings. The summed E-state index contributed by atoms with van der Waals surface area (Å²) in [4.78, 5) is 17.2. The molecule has 0 spiro atoms. The fourth-order valence-corrected chi connectivity index (χ4v) is 4.26. The van der Waals surface area contributed by atoms with Gasteiger partial charge < -0.3 is 5.32 Å². The first kappa shape index (κ1) is 19.6. The van der Waals surface area contributed by atoms with E-state index in [9.17, 15) is 18.8 Å². The summed E-state index contributed by atoms with van der Waals surface area (Å²) in [6.45, 7) is 0. The highest BCUT2D eigenvalue weighted by molar-refractivity contribution is 8.00. The van der Waals surface area contributed by atoms with E-state index in [0.29, 0.717) is 32.9 Å². The highest BCUT2D eigenvalue weighted by Crippen LogP contribution is 2.32. The first-order chi connectivity index (χ1) is 13.1. The van der Waals surface area contributed by atoms with Crippen LogP contribution in [-0.4, -0.2) is 22.4 Å². The van der Waals surface area contributed by atoms with Crippen LogP contribution in [0.1, 0.15) is 29.7 Å². The summed E-state index contributed by atoms with van der Waals surface area (Å²) in [5.74, 6) is -2.84. The quantitative estimate of drug-likeness (QED) is 0.694. The van der Waals surface area contributed by atoms with Gasteiger partial charge in [0.15, 0.2) is 0 Å². The molecule has 140 valence electrons. The first-order valence-corrected chi connectivity index (χ1v) is 10.3. The van der Waals surface area contributed by atoms with Gasteiger partial charge in [-0.15, -0.1) is 0 Å². The van der Waals surface area contributed by atoms with Crippen LogP contribution in [0.5, 0.6) is 0 Å². The van der Waals surface area contributed by atoms with Crippen LogP contribution in [0.4, 0.5) is 14.5 Å². The van der Waals surface area contributed by atoms with Crippen molar-refractivity contribution in [2.45, 2.75) is 41.4 Å². The summed E-state index contributed by atoms with van der Waals surface area (Å²) in [5, 5.41) is 12.6. The van der Waals surface area contributed by atoms with Crippen molar-refractivity contribution in [1.82, 2.24) is 4.98 Å². The Balaban J connectivity index is 1.67. The number of amides is 1. The summed E-state index contributed by atoms with van der Waals surface area (Å²) in [6, 6.07) is 10.5. The van der Waals surface area contributed by atoms with Gasteiger partial charge in [0.1, 0.15) is 11.1 Å². The third kappa shape index (κ3) is 5.21. The Morgan fingerprint density at radius 3 is 2.85 bits per heavy atom. The van der Waals surface area contributed by atoms with Crippen molar-refractivity contribution in [3.63, 3.8) is 0 Å². The molecule has 4 nitrogen and oxygen atoms in total. The van der Waals surface area contributed by atoms with Crippen LogP contribution in [0.25, 0.3) is 0 Å². The number of anilines is 1. The lowest BCUT2D eigenvalue weighted by molar-refractivity contribution is -0.113. The summed E-state index contributed by atoms with van der Waals surface area (Å²) in [6.07, 6.45) is 4.00. The molecule has 1 aromatic heterocycles. The number of aryl methyl sites for hydroxylation is 2. The van der Waals surface area contributed by atoms with Crippen molar-refractivity contribution in [3.8, 4) is 6.07 Å². The molecule has 1 heterocycles. The first-order valence-electron chi connectivity index (χ1n) is 8.46. The third-order valence-corrected chi connectivity index (χ3v) is 5.88. The number of benzene rings is 1. The summed E-state index contributed by atoms with van der Waals surface area (Å²) in [7, 11) is 0. The molecule has 0 saturated carbocycles. The zero-order valence-electron chi connectivity index (χ0n) is 14.4. The van der Waals surface area contributed by atoms with Crippen LogP contribution in [0.15, 0.2) is 40.3 Å². The molecule has 0 radical (unpaired) electrons. The molecule has 27 heavy (non-hydrogen) atoms. The highest BCUT2D eigenvalue weighted by Gasteiger charge is 2.17. The molecular formula is C19H17F2N3OS2. The number of hydrogen-bond acceptors (Lipinski definition) is 5. The van der Waals surface area contributed by atoms with E-state index >= 15 is 0 Å². The Morgan fingerprint density at radius 2 is 2.07 bits per heavy atom. The number of alkyl halides is 2. The van der Waals surface area contributed by atoms with Gasteiger partial charge >= 0.3 is 0 Å². The number of thioether (sulfide) groups is 2. The fourth-order valence-electron chi connectivity index (χ4n) is 2.89. The minimum absolute atomic E-state index is 0.0497. The van der Waals surface area contributed by atoms with Crippen LogP contribution in [0, 0.1) is 11.3 Å². The standard InChI is InChI=1S/C19H17F2N3OS2/c20-19(21)27-16-8-4-3-7-15(16)23-17(25)11-26-18-13(10-22)9-12-5-1-2-6-14(12)24-18/h3-4,7-9,19H,1-2,5-6,11H2,(H,23,25). The number of aromatic nitrogens is 1. The summed E-state index contributed by atoms with van der Waals surface area (Å²) in [5.41, 5.74) is 2.95. The lowest BCUT2D eigenvalue weighted by Gasteiger charge is -2.16. The molecule has 0 bridgehead atoms. The lowest BCUT2D eigenvalue weighted by atomic mass is 9.95. The third-order valence-electron chi connectivity index (χ3n) is 4.10.